The lowest BCUT2D eigenvalue weighted by atomic mass is 10.1. The molecular formula is C13H11IN2O5. The molecular weight excluding hydrogens is 391 g/mol. The number of nitrogens with one attached hydrogen (secondary N) is 1. The summed E-state index contributed by atoms with van der Waals surface area (Å²) in [4.78, 5) is 35.8. The van der Waals surface area contributed by atoms with E-state index in [4.69, 9.17) is 4.74 Å². The van der Waals surface area contributed by atoms with E-state index in [0.29, 0.717) is 9.13 Å². The summed E-state index contributed by atoms with van der Waals surface area (Å²) >= 11 is 1.90. The van der Waals surface area contributed by atoms with E-state index in [0.717, 1.165) is 4.90 Å². The van der Waals surface area contributed by atoms with E-state index in [2.05, 4.69) is 5.32 Å². The molecule has 0 atom stereocenters. The van der Waals surface area contributed by atoms with Crippen molar-refractivity contribution in [3.63, 3.8) is 0 Å². The number of hydrogen-bond acceptors (Lipinski definition) is 5. The summed E-state index contributed by atoms with van der Waals surface area (Å²) < 4.78 is 5.52. The Bertz CT molecular complexity index is 683. The normalized spacial score (nSPS) is 17.2. The average molecular weight is 402 g/mol. The highest BCUT2D eigenvalue weighted by Gasteiger charge is 2.33. The van der Waals surface area contributed by atoms with Crippen molar-refractivity contribution in [2.24, 2.45) is 0 Å². The molecule has 0 bridgehead atoms. The maximum atomic E-state index is 12.0. The van der Waals surface area contributed by atoms with Gasteiger partial charge in [-0.15, -0.1) is 0 Å². The van der Waals surface area contributed by atoms with Crippen LogP contribution in [0, 0.1) is 3.57 Å². The van der Waals surface area contributed by atoms with Crippen molar-refractivity contribution in [3.8, 4) is 11.5 Å². The molecule has 8 heteroatoms. The third-order valence-corrected chi connectivity index (χ3v) is 3.71. The molecule has 0 aromatic heterocycles. The number of benzene rings is 1. The minimum Gasteiger partial charge on any atom is -0.504 e. The second-order valence-electron chi connectivity index (χ2n) is 4.24. The van der Waals surface area contributed by atoms with Crippen LogP contribution in [0.5, 0.6) is 11.5 Å². The summed E-state index contributed by atoms with van der Waals surface area (Å²) in [6.45, 7) is 0. The second kappa shape index (κ2) is 5.72. The third kappa shape index (κ3) is 2.84. The number of imide groups is 2. The fourth-order valence-corrected chi connectivity index (χ4v) is 2.37. The number of ether oxygens (including phenoxy) is 1. The molecule has 1 heterocycles. The Morgan fingerprint density at radius 2 is 2.00 bits per heavy atom. The topological polar surface area (TPSA) is 95.9 Å². The predicted octanol–water partition coefficient (Wildman–Crippen LogP) is 1.10. The number of amides is 4. The number of aromatic hydroxyl groups is 1. The number of carbonyl (C=O) groups excluding carboxylic acids is 3. The molecule has 2 rings (SSSR count). The van der Waals surface area contributed by atoms with Crippen molar-refractivity contribution in [3.05, 3.63) is 26.8 Å². The van der Waals surface area contributed by atoms with Gasteiger partial charge in [0.2, 0.25) is 0 Å². The molecule has 1 aromatic rings. The molecule has 0 unspecified atom stereocenters. The molecule has 1 fully saturated rings. The molecule has 1 saturated heterocycles. The quantitative estimate of drug-likeness (QED) is 0.439. The molecule has 21 heavy (non-hydrogen) atoms. The van der Waals surface area contributed by atoms with Gasteiger partial charge in [0.25, 0.3) is 11.8 Å². The largest absolute Gasteiger partial charge is 0.504 e. The first-order chi connectivity index (χ1) is 9.85. The first kappa shape index (κ1) is 15.3. The number of likely N-dealkylation sites (N-methyl/N-ethyl adjacent to an activating group) is 1. The molecule has 1 aliphatic rings. The van der Waals surface area contributed by atoms with Gasteiger partial charge in [-0.3, -0.25) is 19.8 Å². The van der Waals surface area contributed by atoms with E-state index in [9.17, 15) is 19.5 Å². The van der Waals surface area contributed by atoms with Crippen LogP contribution in [0.25, 0.3) is 6.08 Å². The second-order valence-corrected chi connectivity index (χ2v) is 5.40. The Hall–Kier alpha value is -2.10. The molecule has 110 valence electrons. The van der Waals surface area contributed by atoms with Gasteiger partial charge in [-0.25, -0.2) is 4.79 Å². The Balaban J connectivity index is 2.48. The number of urea groups is 1. The van der Waals surface area contributed by atoms with Crippen molar-refractivity contribution >= 4 is 46.5 Å². The molecule has 2 N–H and O–H groups in total. The van der Waals surface area contributed by atoms with E-state index < -0.39 is 17.8 Å². The SMILES string of the molecule is COc1cc(/C=C2\C(=O)NC(=O)N(C)C2=O)cc(I)c1O. The highest BCUT2D eigenvalue weighted by molar-refractivity contribution is 14.1. The standard InChI is InChI=1S/C13H11IN2O5/c1-16-12(19)7(11(18)15-13(16)20)3-6-4-8(14)10(17)9(5-6)21-2/h3-5,17H,1-2H3,(H,15,18,20)/b7-3+. The molecule has 4 amide bonds. The summed E-state index contributed by atoms with van der Waals surface area (Å²) in [6, 6.07) is 2.31. The van der Waals surface area contributed by atoms with E-state index in [1.807, 2.05) is 22.6 Å². The van der Waals surface area contributed by atoms with Crippen LogP contribution in [0.1, 0.15) is 5.56 Å². The van der Waals surface area contributed by atoms with Crippen LogP contribution in [-0.4, -0.2) is 42.0 Å². The summed E-state index contributed by atoms with van der Waals surface area (Å²) in [7, 11) is 2.67. The van der Waals surface area contributed by atoms with Crippen LogP contribution < -0.4 is 10.1 Å². The fraction of sp³-hybridized carbons (Fsp3) is 0.154. The van der Waals surface area contributed by atoms with Crippen molar-refractivity contribution in [1.82, 2.24) is 10.2 Å². The molecule has 7 nitrogen and oxygen atoms in total. The fourth-order valence-electron chi connectivity index (χ4n) is 1.75. The monoisotopic (exact) mass is 402 g/mol. The number of methoxy groups -OCH3 is 1. The number of phenols is 1. The van der Waals surface area contributed by atoms with Crippen LogP contribution in [0.2, 0.25) is 0 Å². The van der Waals surface area contributed by atoms with Crippen LogP contribution in [0.3, 0.4) is 0 Å². The Morgan fingerprint density at radius 3 is 2.62 bits per heavy atom. The maximum absolute atomic E-state index is 12.0. The predicted molar refractivity (Wildman–Crippen MR) is 81.7 cm³/mol. The molecule has 0 saturated carbocycles. The van der Waals surface area contributed by atoms with Crippen molar-refractivity contribution in [2.45, 2.75) is 0 Å². The number of hydrogen-bond donors (Lipinski definition) is 2. The zero-order chi connectivity index (χ0) is 15.7. The number of phenolic OH excluding ortho intramolecular Hbond substituents is 1. The zero-order valence-electron chi connectivity index (χ0n) is 11.1. The maximum Gasteiger partial charge on any atom is 0.331 e. The number of nitrogens with zero attached hydrogens (tertiary/aromatic N) is 1. The minimum absolute atomic E-state index is 0.0213. The lowest BCUT2D eigenvalue weighted by Crippen LogP contribution is -2.52. The first-order valence-corrected chi connectivity index (χ1v) is 6.84. The summed E-state index contributed by atoms with van der Waals surface area (Å²) in [5.74, 6) is -1.25. The van der Waals surface area contributed by atoms with Crippen molar-refractivity contribution in [2.75, 3.05) is 14.2 Å². The van der Waals surface area contributed by atoms with Gasteiger partial charge in [0.1, 0.15) is 5.57 Å². The van der Waals surface area contributed by atoms with Gasteiger partial charge in [0.15, 0.2) is 11.5 Å². The molecule has 0 radical (unpaired) electrons. The number of halogens is 1. The van der Waals surface area contributed by atoms with Crippen molar-refractivity contribution < 1.29 is 24.2 Å². The highest BCUT2D eigenvalue weighted by atomic mass is 127. The zero-order valence-corrected chi connectivity index (χ0v) is 13.3. The van der Waals surface area contributed by atoms with E-state index in [1.54, 1.807) is 6.07 Å². The van der Waals surface area contributed by atoms with Crippen LogP contribution in [0.15, 0.2) is 17.7 Å². The molecule has 0 spiro atoms. The summed E-state index contributed by atoms with van der Waals surface area (Å²) in [5.41, 5.74) is 0.330. The van der Waals surface area contributed by atoms with Crippen LogP contribution in [0.4, 0.5) is 4.79 Å². The van der Waals surface area contributed by atoms with Crippen LogP contribution in [-0.2, 0) is 9.59 Å². The average Bonchev–Trinajstić information content (AvgIpc) is 2.44. The minimum atomic E-state index is -0.764. The van der Waals surface area contributed by atoms with E-state index in [-0.39, 0.29) is 17.1 Å². The number of carbonyl (C=O) groups is 3. The van der Waals surface area contributed by atoms with Crippen LogP contribution >= 0.6 is 22.6 Å². The lowest BCUT2D eigenvalue weighted by Gasteiger charge is -2.22. The Labute approximate surface area is 133 Å². The van der Waals surface area contributed by atoms with E-state index >= 15 is 0 Å². The van der Waals surface area contributed by atoms with Gasteiger partial charge in [-0.1, -0.05) is 0 Å². The highest BCUT2D eigenvalue weighted by Crippen LogP contribution is 2.33. The number of barbiturate groups is 1. The van der Waals surface area contributed by atoms with Gasteiger partial charge in [0.05, 0.1) is 10.7 Å². The molecule has 0 aliphatic carbocycles. The summed E-state index contributed by atoms with van der Waals surface area (Å²) in [5, 5.41) is 11.8. The Morgan fingerprint density at radius 1 is 1.33 bits per heavy atom. The first-order valence-electron chi connectivity index (χ1n) is 5.76. The lowest BCUT2D eigenvalue weighted by molar-refractivity contribution is -0.129. The summed E-state index contributed by atoms with van der Waals surface area (Å²) in [6.07, 6.45) is 1.34. The van der Waals surface area contributed by atoms with Gasteiger partial charge >= 0.3 is 6.03 Å². The van der Waals surface area contributed by atoms with Gasteiger partial charge in [0, 0.05) is 7.05 Å². The van der Waals surface area contributed by atoms with Gasteiger partial charge in [-0.05, 0) is 46.4 Å². The van der Waals surface area contributed by atoms with Gasteiger partial charge < -0.3 is 9.84 Å². The third-order valence-electron chi connectivity index (χ3n) is 2.89. The number of rotatable bonds is 2. The van der Waals surface area contributed by atoms with Gasteiger partial charge in [-0.2, -0.15) is 0 Å². The Kier molecular flexibility index (Phi) is 4.16. The molecule has 1 aliphatic heterocycles. The van der Waals surface area contributed by atoms with E-state index in [1.165, 1.54) is 26.3 Å². The molecule has 1 aromatic carbocycles. The van der Waals surface area contributed by atoms with Crippen molar-refractivity contribution in [1.29, 1.82) is 0 Å². The smallest absolute Gasteiger partial charge is 0.331 e.